The number of hydrogen-bond acceptors (Lipinski definition) is 3. The van der Waals surface area contributed by atoms with E-state index >= 15 is 0 Å². The number of carbonyl (C=O) groups excluding carboxylic acids is 1. The van der Waals surface area contributed by atoms with Gasteiger partial charge in [-0.1, -0.05) is 6.07 Å². The highest BCUT2D eigenvalue weighted by atomic mass is 16.4. The number of benzene rings is 1. The van der Waals surface area contributed by atoms with Crippen LogP contribution in [-0.4, -0.2) is 22.0 Å². The highest BCUT2D eigenvalue weighted by molar-refractivity contribution is 5.79. The van der Waals surface area contributed by atoms with Gasteiger partial charge in [-0.2, -0.15) is 0 Å². The molecule has 0 aliphatic carbocycles. The van der Waals surface area contributed by atoms with Gasteiger partial charge in [-0.3, -0.25) is 9.59 Å². The third-order valence-corrected chi connectivity index (χ3v) is 2.32. The van der Waals surface area contributed by atoms with E-state index in [9.17, 15) is 14.7 Å². The number of aliphatic carboxylic acids is 1. The number of carbonyl (C=O) groups is 2. The first-order valence-electron chi connectivity index (χ1n) is 4.92. The fourth-order valence-electron chi connectivity index (χ4n) is 1.56. The molecule has 0 spiro atoms. The predicted molar refractivity (Wildman–Crippen MR) is 58.6 cm³/mol. The standard InChI is InChI=1S/C12H14O4/c1-7-3-10(6-12(15)16)11(14)5-9(7)4-8(2)13/h3,5,14H,4,6H2,1-2H3,(H,15,16). The van der Waals surface area contributed by atoms with E-state index in [-0.39, 0.29) is 24.4 Å². The number of carboxylic acids is 1. The molecule has 0 aliphatic heterocycles. The van der Waals surface area contributed by atoms with E-state index < -0.39 is 5.97 Å². The number of phenolic OH excluding ortho intramolecular Hbond substituents is 1. The molecule has 0 amide bonds. The molecule has 1 aromatic carbocycles. The van der Waals surface area contributed by atoms with Crippen LogP contribution >= 0.6 is 0 Å². The minimum atomic E-state index is -0.992. The summed E-state index contributed by atoms with van der Waals surface area (Å²) < 4.78 is 0. The zero-order valence-electron chi connectivity index (χ0n) is 9.28. The Bertz CT molecular complexity index is 393. The number of rotatable bonds is 4. The van der Waals surface area contributed by atoms with Gasteiger partial charge < -0.3 is 10.2 Å². The summed E-state index contributed by atoms with van der Waals surface area (Å²) in [5.41, 5.74) is 1.93. The lowest BCUT2D eigenvalue weighted by molar-refractivity contribution is -0.136. The Morgan fingerprint density at radius 3 is 2.31 bits per heavy atom. The molecule has 0 aromatic heterocycles. The van der Waals surface area contributed by atoms with E-state index in [1.807, 2.05) is 0 Å². The summed E-state index contributed by atoms with van der Waals surface area (Å²) in [7, 11) is 0. The molecule has 1 rings (SSSR count). The molecule has 0 aliphatic rings. The van der Waals surface area contributed by atoms with Gasteiger partial charge in [0.05, 0.1) is 6.42 Å². The normalized spacial score (nSPS) is 10.1. The third-order valence-electron chi connectivity index (χ3n) is 2.32. The Balaban J connectivity index is 3.06. The van der Waals surface area contributed by atoms with Crippen LogP contribution in [0.5, 0.6) is 5.75 Å². The van der Waals surface area contributed by atoms with Crippen LogP contribution in [0.25, 0.3) is 0 Å². The van der Waals surface area contributed by atoms with Crippen molar-refractivity contribution in [3.63, 3.8) is 0 Å². The van der Waals surface area contributed by atoms with Gasteiger partial charge in [0.15, 0.2) is 0 Å². The van der Waals surface area contributed by atoms with Crippen LogP contribution in [0, 0.1) is 6.92 Å². The van der Waals surface area contributed by atoms with Gasteiger partial charge in [-0.05, 0) is 31.0 Å². The van der Waals surface area contributed by atoms with Crippen molar-refractivity contribution in [1.29, 1.82) is 0 Å². The average Bonchev–Trinajstić information content (AvgIpc) is 2.11. The van der Waals surface area contributed by atoms with Crippen LogP contribution in [0.15, 0.2) is 12.1 Å². The second-order valence-corrected chi connectivity index (χ2v) is 3.86. The maximum Gasteiger partial charge on any atom is 0.307 e. The van der Waals surface area contributed by atoms with Crippen molar-refractivity contribution < 1.29 is 19.8 Å². The van der Waals surface area contributed by atoms with Gasteiger partial charge in [0.2, 0.25) is 0 Å². The lowest BCUT2D eigenvalue weighted by Crippen LogP contribution is -2.03. The zero-order chi connectivity index (χ0) is 12.3. The number of hydrogen-bond donors (Lipinski definition) is 2. The summed E-state index contributed by atoms with van der Waals surface area (Å²) in [5, 5.41) is 18.2. The number of aryl methyl sites for hydroxylation is 1. The van der Waals surface area contributed by atoms with Crippen LogP contribution in [0.3, 0.4) is 0 Å². The summed E-state index contributed by atoms with van der Waals surface area (Å²) in [6.07, 6.45) is 0.0414. The number of ketones is 1. The van der Waals surface area contributed by atoms with Crippen molar-refractivity contribution in [2.24, 2.45) is 0 Å². The lowest BCUT2D eigenvalue weighted by atomic mass is 9.99. The maximum atomic E-state index is 11.0. The molecule has 0 saturated heterocycles. The zero-order valence-corrected chi connectivity index (χ0v) is 9.28. The smallest absolute Gasteiger partial charge is 0.307 e. The van der Waals surface area contributed by atoms with E-state index in [1.54, 1.807) is 13.0 Å². The van der Waals surface area contributed by atoms with Crippen molar-refractivity contribution in [2.45, 2.75) is 26.7 Å². The maximum absolute atomic E-state index is 11.0. The molecule has 0 unspecified atom stereocenters. The molecule has 1 aromatic rings. The lowest BCUT2D eigenvalue weighted by Gasteiger charge is -2.08. The SMILES string of the molecule is CC(=O)Cc1cc(O)c(CC(=O)O)cc1C. The molecule has 86 valence electrons. The first kappa shape index (κ1) is 12.2. The summed E-state index contributed by atoms with van der Waals surface area (Å²) in [4.78, 5) is 21.5. The van der Waals surface area contributed by atoms with Crippen LogP contribution in [0.2, 0.25) is 0 Å². The van der Waals surface area contributed by atoms with Crippen molar-refractivity contribution in [2.75, 3.05) is 0 Å². The molecule has 0 atom stereocenters. The van der Waals surface area contributed by atoms with Crippen molar-refractivity contribution >= 4 is 11.8 Å². The molecule has 0 fully saturated rings. The topological polar surface area (TPSA) is 74.6 Å². The molecule has 0 radical (unpaired) electrons. The second-order valence-electron chi connectivity index (χ2n) is 3.86. The minimum Gasteiger partial charge on any atom is -0.508 e. The van der Waals surface area contributed by atoms with Gasteiger partial charge in [0.1, 0.15) is 11.5 Å². The van der Waals surface area contributed by atoms with E-state index in [0.29, 0.717) is 5.56 Å². The van der Waals surface area contributed by atoms with E-state index in [0.717, 1.165) is 11.1 Å². The number of Topliss-reactive ketones (excluding diaryl/α,β-unsaturated/α-hetero) is 1. The Morgan fingerprint density at radius 2 is 1.81 bits per heavy atom. The molecular formula is C12H14O4. The summed E-state index contributed by atoms with van der Waals surface area (Å²) >= 11 is 0. The van der Waals surface area contributed by atoms with Gasteiger partial charge in [-0.15, -0.1) is 0 Å². The first-order chi connectivity index (χ1) is 7.40. The Hall–Kier alpha value is -1.84. The summed E-state index contributed by atoms with van der Waals surface area (Å²) in [6.45, 7) is 3.27. The molecule has 4 nitrogen and oxygen atoms in total. The van der Waals surface area contributed by atoms with Crippen molar-refractivity contribution in [1.82, 2.24) is 0 Å². The molecule has 0 heterocycles. The Kier molecular flexibility index (Phi) is 3.66. The number of aromatic hydroxyl groups is 1. The Morgan fingerprint density at radius 1 is 1.19 bits per heavy atom. The van der Waals surface area contributed by atoms with E-state index in [2.05, 4.69) is 0 Å². The third kappa shape index (κ3) is 3.08. The molecule has 4 heteroatoms. The van der Waals surface area contributed by atoms with Crippen molar-refractivity contribution in [3.05, 3.63) is 28.8 Å². The van der Waals surface area contributed by atoms with E-state index in [1.165, 1.54) is 13.0 Å². The molecule has 0 bridgehead atoms. The fraction of sp³-hybridized carbons (Fsp3) is 0.333. The van der Waals surface area contributed by atoms with Crippen LogP contribution in [0.1, 0.15) is 23.6 Å². The monoisotopic (exact) mass is 222 g/mol. The predicted octanol–water partition coefficient (Wildman–Crippen LogP) is 1.46. The molecule has 16 heavy (non-hydrogen) atoms. The van der Waals surface area contributed by atoms with Gasteiger partial charge in [-0.25, -0.2) is 0 Å². The first-order valence-corrected chi connectivity index (χ1v) is 4.92. The summed E-state index contributed by atoms with van der Waals surface area (Å²) in [5.74, 6) is -1.05. The molecular weight excluding hydrogens is 208 g/mol. The number of carboxylic acid groups (broad SMARTS) is 1. The largest absolute Gasteiger partial charge is 0.508 e. The average molecular weight is 222 g/mol. The van der Waals surface area contributed by atoms with Crippen LogP contribution < -0.4 is 0 Å². The number of phenols is 1. The van der Waals surface area contributed by atoms with Gasteiger partial charge >= 0.3 is 5.97 Å². The van der Waals surface area contributed by atoms with E-state index in [4.69, 9.17) is 5.11 Å². The second kappa shape index (κ2) is 4.79. The highest BCUT2D eigenvalue weighted by Crippen LogP contribution is 2.23. The van der Waals surface area contributed by atoms with Crippen LogP contribution in [-0.2, 0) is 22.4 Å². The molecule has 2 N–H and O–H groups in total. The molecule has 0 saturated carbocycles. The van der Waals surface area contributed by atoms with Gasteiger partial charge in [0.25, 0.3) is 0 Å². The van der Waals surface area contributed by atoms with Crippen molar-refractivity contribution in [3.8, 4) is 5.75 Å². The quantitative estimate of drug-likeness (QED) is 0.808. The summed E-state index contributed by atoms with van der Waals surface area (Å²) in [6, 6.07) is 3.08. The minimum absolute atomic E-state index is 0.00786. The highest BCUT2D eigenvalue weighted by Gasteiger charge is 2.10. The van der Waals surface area contributed by atoms with Gasteiger partial charge in [0, 0.05) is 12.0 Å². The van der Waals surface area contributed by atoms with Crippen LogP contribution in [0.4, 0.5) is 0 Å². The Labute approximate surface area is 93.5 Å². The fourth-order valence-corrected chi connectivity index (χ4v) is 1.56.